The van der Waals surface area contributed by atoms with Crippen LogP contribution < -0.4 is 4.74 Å². The van der Waals surface area contributed by atoms with Crippen LogP contribution in [-0.2, 0) is 11.2 Å². The molecule has 1 aromatic carbocycles. The molecular formula is C20H24FN3O2. The second-order valence-electron chi connectivity index (χ2n) is 6.43. The molecule has 0 radical (unpaired) electrons. The second-order valence-corrected chi connectivity index (χ2v) is 6.43. The average molecular weight is 357 g/mol. The van der Waals surface area contributed by atoms with Gasteiger partial charge in [0, 0.05) is 51.0 Å². The van der Waals surface area contributed by atoms with Crippen LogP contribution in [0.4, 0.5) is 4.39 Å². The number of hydrogen-bond donors (Lipinski definition) is 0. The molecule has 0 saturated carbocycles. The number of nitrogens with zero attached hydrogens (tertiary/aromatic N) is 3. The fourth-order valence-corrected chi connectivity index (χ4v) is 3.05. The zero-order chi connectivity index (χ0) is 18.4. The van der Waals surface area contributed by atoms with E-state index in [2.05, 4.69) is 9.88 Å². The monoisotopic (exact) mass is 357 g/mol. The summed E-state index contributed by atoms with van der Waals surface area (Å²) in [6, 6.07) is 12.1. The molecule has 26 heavy (non-hydrogen) atoms. The molecule has 2 aromatic rings. The average Bonchev–Trinajstić information content (AvgIpc) is 2.69. The second kappa shape index (κ2) is 8.76. The first-order valence-corrected chi connectivity index (χ1v) is 8.96. The van der Waals surface area contributed by atoms with Crippen LogP contribution in [0, 0.1) is 5.82 Å². The van der Waals surface area contributed by atoms with E-state index in [9.17, 15) is 9.18 Å². The maximum absolute atomic E-state index is 13.7. The van der Waals surface area contributed by atoms with Crippen LogP contribution >= 0.6 is 0 Å². The lowest BCUT2D eigenvalue weighted by molar-refractivity contribution is -0.139. The predicted molar refractivity (Wildman–Crippen MR) is 97.5 cm³/mol. The molecule has 5 nitrogen and oxygen atoms in total. The fraction of sp³-hybridized carbons (Fsp3) is 0.400. The molecule has 1 aliphatic rings. The summed E-state index contributed by atoms with van der Waals surface area (Å²) < 4.78 is 19.2. The van der Waals surface area contributed by atoms with Crippen molar-refractivity contribution in [3.63, 3.8) is 0 Å². The van der Waals surface area contributed by atoms with Crippen molar-refractivity contribution in [2.24, 2.45) is 0 Å². The first-order chi connectivity index (χ1) is 12.6. The summed E-state index contributed by atoms with van der Waals surface area (Å²) in [5.41, 5.74) is 1.08. The van der Waals surface area contributed by atoms with Gasteiger partial charge >= 0.3 is 0 Å². The molecule has 0 bridgehead atoms. The minimum Gasteiger partial charge on any atom is -0.478 e. The van der Waals surface area contributed by atoms with Crippen molar-refractivity contribution in [1.29, 1.82) is 0 Å². The van der Waals surface area contributed by atoms with E-state index in [1.807, 2.05) is 24.4 Å². The van der Waals surface area contributed by atoms with Crippen LogP contribution in [0.15, 0.2) is 48.7 Å². The first-order valence-electron chi connectivity index (χ1n) is 8.96. The summed E-state index contributed by atoms with van der Waals surface area (Å²) in [5, 5.41) is 0. The highest BCUT2D eigenvalue weighted by atomic mass is 19.1. The smallest absolute Gasteiger partial charge is 0.263 e. The molecule has 1 aliphatic heterocycles. The van der Waals surface area contributed by atoms with Gasteiger partial charge in [-0.25, -0.2) is 4.39 Å². The maximum atomic E-state index is 13.7. The zero-order valence-corrected chi connectivity index (χ0v) is 15.0. The molecule has 1 atom stereocenters. The standard InChI is InChI=1S/C20H24FN3O2/c1-16(26-19-8-3-2-7-18(19)21)20(25)24-14-12-23(13-15-24)11-9-17-6-4-5-10-22-17/h2-8,10,16H,9,11-15H2,1H3/t16-/m1/s1. The molecular weight excluding hydrogens is 333 g/mol. The summed E-state index contributed by atoms with van der Waals surface area (Å²) in [4.78, 5) is 21.0. The van der Waals surface area contributed by atoms with Gasteiger partial charge in [-0.2, -0.15) is 0 Å². The molecule has 1 aromatic heterocycles. The van der Waals surface area contributed by atoms with Gasteiger partial charge in [-0.05, 0) is 31.2 Å². The molecule has 2 heterocycles. The van der Waals surface area contributed by atoms with Crippen molar-refractivity contribution in [1.82, 2.24) is 14.8 Å². The Hall–Kier alpha value is -2.47. The number of aromatic nitrogens is 1. The molecule has 1 amide bonds. The third-order valence-corrected chi connectivity index (χ3v) is 4.58. The molecule has 0 unspecified atom stereocenters. The normalized spacial score (nSPS) is 16.3. The molecule has 3 rings (SSSR count). The third-order valence-electron chi connectivity index (χ3n) is 4.58. The largest absolute Gasteiger partial charge is 0.478 e. The summed E-state index contributed by atoms with van der Waals surface area (Å²) in [6.07, 6.45) is 2.01. The number of pyridine rings is 1. The number of rotatable bonds is 6. The van der Waals surface area contributed by atoms with Gasteiger partial charge in [0.2, 0.25) is 0 Å². The lowest BCUT2D eigenvalue weighted by Crippen LogP contribution is -2.52. The van der Waals surface area contributed by atoms with E-state index < -0.39 is 11.9 Å². The van der Waals surface area contributed by atoms with Gasteiger partial charge in [-0.3, -0.25) is 14.7 Å². The Morgan fingerprint density at radius 3 is 2.58 bits per heavy atom. The highest BCUT2D eigenvalue weighted by Crippen LogP contribution is 2.18. The Morgan fingerprint density at radius 2 is 1.88 bits per heavy atom. The highest BCUT2D eigenvalue weighted by molar-refractivity contribution is 5.81. The molecule has 6 heteroatoms. The van der Waals surface area contributed by atoms with Crippen molar-refractivity contribution < 1.29 is 13.9 Å². The van der Waals surface area contributed by atoms with Gasteiger partial charge in [-0.1, -0.05) is 18.2 Å². The van der Waals surface area contributed by atoms with Gasteiger partial charge < -0.3 is 9.64 Å². The SMILES string of the molecule is C[C@@H](Oc1ccccc1F)C(=O)N1CCN(CCc2ccccn2)CC1. The molecule has 0 spiro atoms. The van der Waals surface area contributed by atoms with Crippen LogP contribution in [0.25, 0.3) is 0 Å². The predicted octanol–water partition coefficient (Wildman–Crippen LogP) is 2.37. The lowest BCUT2D eigenvalue weighted by atomic mass is 10.2. The summed E-state index contributed by atoms with van der Waals surface area (Å²) in [6.45, 7) is 5.57. The number of para-hydroxylation sites is 1. The van der Waals surface area contributed by atoms with E-state index in [0.29, 0.717) is 13.1 Å². The number of piperazine rings is 1. The van der Waals surface area contributed by atoms with Gasteiger partial charge in [0.15, 0.2) is 17.7 Å². The van der Waals surface area contributed by atoms with Crippen molar-refractivity contribution in [3.05, 3.63) is 60.2 Å². The Kier molecular flexibility index (Phi) is 6.17. The number of hydrogen-bond acceptors (Lipinski definition) is 4. The molecule has 1 fully saturated rings. The van der Waals surface area contributed by atoms with E-state index in [1.54, 1.807) is 24.0 Å². The first kappa shape index (κ1) is 18.3. The number of amides is 1. The number of halogens is 1. The van der Waals surface area contributed by atoms with Crippen LogP contribution in [0.5, 0.6) is 5.75 Å². The van der Waals surface area contributed by atoms with Crippen LogP contribution in [0.1, 0.15) is 12.6 Å². The van der Waals surface area contributed by atoms with Gasteiger partial charge in [0.05, 0.1) is 0 Å². The van der Waals surface area contributed by atoms with E-state index in [1.165, 1.54) is 12.1 Å². The van der Waals surface area contributed by atoms with Gasteiger partial charge in [-0.15, -0.1) is 0 Å². The number of ether oxygens (including phenoxy) is 1. The van der Waals surface area contributed by atoms with Crippen LogP contribution in [-0.4, -0.2) is 59.5 Å². The van der Waals surface area contributed by atoms with Gasteiger partial charge in [0.1, 0.15) is 0 Å². The van der Waals surface area contributed by atoms with Gasteiger partial charge in [0.25, 0.3) is 5.91 Å². The lowest BCUT2D eigenvalue weighted by Gasteiger charge is -2.35. The highest BCUT2D eigenvalue weighted by Gasteiger charge is 2.26. The van der Waals surface area contributed by atoms with Crippen molar-refractivity contribution >= 4 is 5.91 Å². The van der Waals surface area contributed by atoms with E-state index in [-0.39, 0.29) is 11.7 Å². The van der Waals surface area contributed by atoms with E-state index in [0.717, 1.165) is 31.7 Å². The number of benzene rings is 1. The Labute approximate surface area is 153 Å². The van der Waals surface area contributed by atoms with Crippen molar-refractivity contribution in [2.45, 2.75) is 19.4 Å². The van der Waals surface area contributed by atoms with Crippen LogP contribution in [0.2, 0.25) is 0 Å². The minimum atomic E-state index is -0.702. The molecule has 0 aliphatic carbocycles. The fourth-order valence-electron chi connectivity index (χ4n) is 3.05. The van der Waals surface area contributed by atoms with E-state index in [4.69, 9.17) is 4.74 Å². The van der Waals surface area contributed by atoms with E-state index >= 15 is 0 Å². The van der Waals surface area contributed by atoms with Crippen molar-refractivity contribution in [2.75, 3.05) is 32.7 Å². The zero-order valence-electron chi connectivity index (χ0n) is 15.0. The topological polar surface area (TPSA) is 45.7 Å². The Morgan fingerprint density at radius 1 is 1.15 bits per heavy atom. The number of carbonyl (C=O) groups excluding carboxylic acids is 1. The Bertz CT molecular complexity index is 718. The molecule has 1 saturated heterocycles. The van der Waals surface area contributed by atoms with Crippen molar-refractivity contribution in [3.8, 4) is 5.75 Å². The quantitative estimate of drug-likeness (QED) is 0.796. The van der Waals surface area contributed by atoms with Crippen LogP contribution in [0.3, 0.4) is 0 Å². The Balaban J connectivity index is 1.45. The maximum Gasteiger partial charge on any atom is 0.263 e. The summed E-state index contributed by atoms with van der Waals surface area (Å²) in [7, 11) is 0. The molecule has 138 valence electrons. The minimum absolute atomic E-state index is 0.0994. The molecule has 0 N–H and O–H groups in total. The summed E-state index contributed by atoms with van der Waals surface area (Å²) in [5.74, 6) is -0.438. The number of carbonyl (C=O) groups is 1. The summed E-state index contributed by atoms with van der Waals surface area (Å²) >= 11 is 0. The third kappa shape index (κ3) is 4.79.